The summed E-state index contributed by atoms with van der Waals surface area (Å²) in [5.41, 5.74) is 3.69. The molecule has 3 rings (SSSR count). The summed E-state index contributed by atoms with van der Waals surface area (Å²) in [6.45, 7) is 4.11. The number of imidazole rings is 1. The predicted octanol–water partition coefficient (Wildman–Crippen LogP) is 4.28. The van der Waals surface area contributed by atoms with E-state index in [9.17, 15) is 4.79 Å². The molecule has 0 aliphatic rings. The van der Waals surface area contributed by atoms with E-state index in [2.05, 4.69) is 58.4 Å². The highest BCUT2D eigenvalue weighted by Crippen LogP contribution is 2.21. The van der Waals surface area contributed by atoms with Crippen molar-refractivity contribution in [2.75, 3.05) is 5.75 Å². The Kier molecular flexibility index (Phi) is 5.60. The molecule has 1 amide bonds. The Bertz CT molecular complexity index is 878. The van der Waals surface area contributed by atoms with E-state index in [1.54, 1.807) is 12.3 Å². The van der Waals surface area contributed by atoms with Gasteiger partial charge in [0.1, 0.15) is 0 Å². The van der Waals surface area contributed by atoms with Crippen molar-refractivity contribution >= 4 is 40.4 Å². The number of nitrogens with zero attached hydrogens (tertiary/aromatic N) is 2. The quantitative estimate of drug-likeness (QED) is 0.632. The van der Waals surface area contributed by atoms with Crippen LogP contribution >= 0.6 is 23.4 Å². The normalized spacial score (nSPS) is 12.3. The molecule has 130 valence electrons. The summed E-state index contributed by atoms with van der Waals surface area (Å²) in [6, 6.07) is 10.0. The minimum Gasteiger partial charge on any atom is -0.349 e. The van der Waals surface area contributed by atoms with E-state index >= 15 is 0 Å². The fourth-order valence-corrected chi connectivity index (χ4v) is 3.35. The highest BCUT2D eigenvalue weighted by Gasteiger charge is 2.14. The number of benzene rings is 1. The Labute approximate surface area is 155 Å². The van der Waals surface area contributed by atoms with Gasteiger partial charge in [-0.3, -0.25) is 4.79 Å². The van der Waals surface area contributed by atoms with Crippen LogP contribution in [-0.2, 0) is 4.79 Å². The number of carbonyl (C=O) groups excluding carboxylic acids is 1. The molecule has 25 heavy (non-hydrogen) atoms. The summed E-state index contributed by atoms with van der Waals surface area (Å²) in [6.07, 6.45) is 2.39. The summed E-state index contributed by atoms with van der Waals surface area (Å²) in [5, 5.41) is 4.28. The molecule has 2 heterocycles. The molecule has 1 aromatic carbocycles. The molecule has 0 aliphatic heterocycles. The zero-order chi connectivity index (χ0) is 17.8. The topological polar surface area (TPSA) is 70.7 Å². The van der Waals surface area contributed by atoms with Crippen LogP contribution in [0.2, 0.25) is 5.02 Å². The minimum absolute atomic E-state index is 0.0184. The average molecular weight is 375 g/mol. The number of nitrogens with one attached hydrogen (secondary N) is 2. The third kappa shape index (κ3) is 4.52. The number of amides is 1. The molecule has 0 aliphatic carbocycles. The van der Waals surface area contributed by atoms with Gasteiger partial charge in [0.25, 0.3) is 0 Å². The number of halogens is 1. The van der Waals surface area contributed by atoms with Crippen LogP contribution in [0.5, 0.6) is 0 Å². The van der Waals surface area contributed by atoms with Gasteiger partial charge in [-0.15, -0.1) is 0 Å². The molecular formula is C18H19ClN4OS. The van der Waals surface area contributed by atoms with Gasteiger partial charge in [0.2, 0.25) is 5.91 Å². The van der Waals surface area contributed by atoms with Crippen LogP contribution in [0.15, 0.2) is 41.7 Å². The van der Waals surface area contributed by atoms with E-state index in [0.29, 0.717) is 15.8 Å². The van der Waals surface area contributed by atoms with Crippen LogP contribution in [0, 0.1) is 6.92 Å². The lowest BCUT2D eigenvalue weighted by Crippen LogP contribution is -2.29. The van der Waals surface area contributed by atoms with Crippen molar-refractivity contribution in [2.24, 2.45) is 0 Å². The van der Waals surface area contributed by atoms with Crippen LogP contribution < -0.4 is 5.32 Å². The largest absolute Gasteiger partial charge is 0.349 e. The van der Waals surface area contributed by atoms with Gasteiger partial charge in [0, 0.05) is 6.20 Å². The summed E-state index contributed by atoms with van der Waals surface area (Å²) in [7, 11) is 0. The number of hydrogen-bond donors (Lipinski definition) is 2. The molecule has 0 radical (unpaired) electrons. The van der Waals surface area contributed by atoms with E-state index in [1.807, 2.05) is 0 Å². The van der Waals surface area contributed by atoms with Gasteiger partial charge < -0.3 is 10.3 Å². The van der Waals surface area contributed by atoms with Gasteiger partial charge in [-0.25, -0.2) is 9.97 Å². The summed E-state index contributed by atoms with van der Waals surface area (Å²) < 4.78 is 0. The first-order valence-electron chi connectivity index (χ1n) is 8.05. The molecule has 1 atom stereocenters. The maximum absolute atomic E-state index is 12.3. The molecule has 0 saturated heterocycles. The first-order valence-corrected chi connectivity index (χ1v) is 9.41. The first-order chi connectivity index (χ1) is 12.0. The Morgan fingerprint density at radius 1 is 1.36 bits per heavy atom. The lowest BCUT2D eigenvalue weighted by atomic mass is 10.0. The summed E-state index contributed by atoms with van der Waals surface area (Å²) in [5.74, 6) is 0.263. The highest BCUT2D eigenvalue weighted by molar-refractivity contribution is 7.99. The Balaban J connectivity index is 1.60. The number of H-pyrrole nitrogens is 1. The number of pyridine rings is 1. The number of aromatic amines is 1. The van der Waals surface area contributed by atoms with Gasteiger partial charge >= 0.3 is 0 Å². The van der Waals surface area contributed by atoms with Crippen molar-refractivity contribution in [1.29, 1.82) is 0 Å². The van der Waals surface area contributed by atoms with Crippen LogP contribution in [0.25, 0.3) is 11.2 Å². The molecule has 7 heteroatoms. The van der Waals surface area contributed by atoms with Gasteiger partial charge in [0.05, 0.1) is 22.3 Å². The van der Waals surface area contributed by atoms with E-state index in [0.717, 1.165) is 17.5 Å². The fourth-order valence-electron chi connectivity index (χ4n) is 2.51. The molecule has 0 fully saturated rings. The van der Waals surface area contributed by atoms with Crippen LogP contribution in [-0.4, -0.2) is 26.6 Å². The van der Waals surface area contributed by atoms with Crippen molar-refractivity contribution in [3.63, 3.8) is 0 Å². The number of fused-ring (bicyclic) bond motifs is 1. The number of thioether (sulfide) groups is 1. The van der Waals surface area contributed by atoms with E-state index < -0.39 is 0 Å². The second-order valence-corrected chi connectivity index (χ2v) is 7.19. The smallest absolute Gasteiger partial charge is 0.230 e. The van der Waals surface area contributed by atoms with Gasteiger partial charge in [-0.05, 0) is 25.0 Å². The summed E-state index contributed by atoms with van der Waals surface area (Å²) in [4.78, 5) is 23.9. The van der Waals surface area contributed by atoms with Crippen molar-refractivity contribution in [3.8, 4) is 0 Å². The zero-order valence-corrected chi connectivity index (χ0v) is 15.6. The van der Waals surface area contributed by atoms with Gasteiger partial charge in [-0.2, -0.15) is 0 Å². The van der Waals surface area contributed by atoms with E-state index in [4.69, 9.17) is 11.6 Å². The first kappa shape index (κ1) is 17.8. The summed E-state index contributed by atoms with van der Waals surface area (Å²) >= 11 is 7.26. The lowest BCUT2D eigenvalue weighted by molar-refractivity contribution is -0.119. The predicted molar refractivity (Wildman–Crippen MR) is 102 cm³/mol. The maximum Gasteiger partial charge on any atom is 0.230 e. The van der Waals surface area contributed by atoms with Crippen molar-refractivity contribution < 1.29 is 4.79 Å². The Hall–Kier alpha value is -2.05. The monoisotopic (exact) mass is 374 g/mol. The Morgan fingerprint density at radius 2 is 2.12 bits per heavy atom. The third-order valence-electron chi connectivity index (χ3n) is 3.85. The zero-order valence-electron chi connectivity index (χ0n) is 14.0. The third-order valence-corrected chi connectivity index (χ3v) is 4.93. The maximum atomic E-state index is 12.3. The number of aryl methyl sites for hydroxylation is 1. The van der Waals surface area contributed by atoms with E-state index in [-0.39, 0.29) is 17.7 Å². The molecule has 3 aromatic rings. The molecular weight excluding hydrogens is 356 g/mol. The molecule has 0 saturated carbocycles. The van der Waals surface area contributed by atoms with Crippen LogP contribution in [0.1, 0.15) is 30.5 Å². The van der Waals surface area contributed by atoms with Gasteiger partial charge in [-0.1, -0.05) is 60.1 Å². The number of rotatable bonds is 6. The minimum atomic E-state index is -0.0242. The second kappa shape index (κ2) is 7.89. The Morgan fingerprint density at radius 3 is 2.84 bits per heavy atom. The lowest BCUT2D eigenvalue weighted by Gasteiger charge is -2.17. The molecule has 2 N–H and O–H groups in total. The highest BCUT2D eigenvalue weighted by atomic mass is 35.5. The van der Waals surface area contributed by atoms with Crippen molar-refractivity contribution in [2.45, 2.75) is 31.5 Å². The number of hydrogen-bond acceptors (Lipinski definition) is 4. The average Bonchev–Trinajstić information content (AvgIpc) is 3.00. The molecule has 0 bridgehead atoms. The van der Waals surface area contributed by atoms with E-state index in [1.165, 1.54) is 17.3 Å². The SMILES string of the molecule is CC[C@H](NC(=O)CSc1nc2ncc(Cl)cc2[nH]1)c1ccc(C)cc1. The molecule has 0 spiro atoms. The standard InChI is InChI=1S/C18H19ClN4OS/c1-3-14(12-6-4-11(2)5-7-12)21-16(24)10-25-18-22-15-8-13(19)9-20-17(15)23-18/h4-9,14H,3,10H2,1-2H3,(H,21,24)(H,20,22,23)/t14-/m0/s1. The number of carbonyl (C=O) groups is 1. The molecule has 2 aromatic heterocycles. The van der Waals surface area contributed by atoms with Crippen LogP contribution in [0.4, 0.5) is 0 Å². The van der Waals surface area contributed by atoms with Crippen molar-refractivity contribution in [3.05, 3.63) is 52.7 Å². The van der Waals surface area contributed by atoms with Crippen molar-refractivity contribution in [1.82, 2.24) is 20.3 Å². The fraction of sp³-hybridized carbons (Fsp3) is 0.278. The number of aromatic nitrogens is 3. The van der Waals surface area contributed by atoms with Gasteiger partial charge in [0.15, 0.2) is 10.8 Å². The van der Waals surface area contributed by atoms with Crippen LogP contribution in [0.3, 0.4) is 0 Å². The molecule has 0 unspecified atom stereocenters. The second-order valence-electron chi connectivity index (χ2n) is 5.79. The molecule has 5 nitrogen and oxygen atoms in total.